The molecule has 0 atom stereocenters. The summed E-state index contributed by atoms with van der Waals surface area (Å²) < 4.78 is 15.5. The standard InChI is InChI=1S/C12H24O5Si/c1-6-15-11(13)10(12(14)16-7-2)9-18(4,5)17-8-3/h10H,6-9H2,1-5H3. The highest BCUT2D eigenvalue weighted by Crippen LogP contribution is 2.21. The van der Waals surface area contributed by atoms with Crippen molar-refractivity contribution in [2.75, 3.05) is 19.8 Å². The van der Waals surface area contributed by atoms with Crippen LogP contribution in [0.25, 0.3) is 0 Å². The zero-order chi connectivity index (χ0) is 14.2. The van der Waals surface area contributed by atoms with E-state index in [0.717, 1.165) is 0 Å². The third-order valence-electron chi connectivity index (χ3n) is 2.37. The molecule has 0 aliphatic rings. The van der Waals surface area contributed by atoms with Crippen LogP contribution in [-0.2, 0) is 23.5 Å². The maximum absolute atomic E-state index is 11.8. The average Bonchev–Trinajstić information content (AvgIpc) is 2.26. The molecule has 0 aliphatic heterocycles. The van der Waals surface area contributed by atoms with Gasteiger partial charge in [0.25, 0.3) is 0 Å². The zero-order valence-electron chi connectivity index (χ0n) is 11.9. The van der Waals surface area contributed by atoms with Crippen molar-refractivity contribution in [3.8, 4) is 0 Å². The maximum atomic E-state index is 11.8. The second kappa shape index (κ2) is 8.26. The van der Waals surface area contributed by atoms with Gasteiger partial charge in [0, 0.05) is 6.61 Å². The molecule has 0 unspecified atom stereocenters. The Morgan fingerprint density at radius 2 is 1.39 bits per heavy atom. The number of rotatable bonds is 8. The minimum Gasteiger partial charge on any atom is -0.465 e. The van der Waals surface area contributed by atoms with Gasteiger partial charge in [-0.3, -0.25) is 9.59 Å². The molecular weight excluding hydrogens is 252 g/mol. The predicted molar refractivity (Wildman–Crippen MR) is 70.7 cm³/mol. The van der Waals surface area contributed by atoms with Crippen molar-refractivity contribution >= 4 is 20.3 Å². The summed E-state index contributed by atoms with van der Waals surface area (Å²) in [7, 11) is -2.05. The lowest BCUT2D eigenvalue weighted by atomic mass is 10.2. The van der Waals surface area contributed by atoms with Gasteiger partial charge >= 0.3 is 11.9 Å². The molecule has 0 aliphatic carbocycles. The van der Waals surface area contributed by atoms with Crippen molar-refractivity contribution in [1.82, 2.24) is 0 Å². The van der Waals surface area contributed by atoms with Crippen molar-refractivity contribution < 1.29 is 23.5 Å². The summed E-state index contributed by atoms with van der Waals surface area (Å²) in [4.78, 5) is 23.6. The van der Waals surface area contributed by atoms with Crippen molar-refractivity contribution in [1.29, 1.82) is 0 Å². The van der Waals surface area contributed by atoms with E-state index < -0.39 is 26.2 Å². The summed E-state index contributed by atoms with van der Waals surface area (Å²) in [6.07, 6.45) is 0. The van der Waals surface area contributed by atoms with Gasteiger partial charge in [-0.25, -0.2) is 0 Å². The van der Waals surface area contributed by atoms with Crippen LogP contribution in [-0.4, -0.2) is 40.1 Å². The first-order valence-electron chi connectivity index (χ1n) is 6.35. The summed E-state index contributed by atoms with van der Waals surface area (Å²) in [5.41, 5.74) is 0. The van der Waals surface area contributed by atoms with Crippen LogP contribution < -0.4 is 0 Å². The molecule has 0 heterocycles. The van der Waals surface area contributed by atoms with Gasteiger partial charge in [0.2, 0.25) is 0 Å². The quantitative estimate of drug-likeness (QED) is 0.385. The first kappa shape index (κ1) is 17.1. The molecule has 0 radical (unpaired) electrons. The number of ether oxygens (including phenoxy) is 2. The Hall–Kier alpha value is -0.883. The molecule has 0 spiro atoms. The van der Waals surface area contributed by atoms with Crippen LogP contribution >= 0.6 is 0 Å². The molecule has 0 fully saturated rings. The van der Waals surface area contributed by atoms with Crippen molar-refractivity contribution in [2.24, 2.45) is 5.92 Å². The lowest BCUT2D eigenvalue weighted by molar-refractivity contribution is -0.160. The Morgan fingerprint density at radius 1 is 0.944 bits per heavy atom. The SMILES string of the molecule is CCOC(=O)C(C[Si](C)(C)OCC)C(=O)OCC. The van der Waals surface area contributed by atoms with Crippen LogP contribution in [0.1, 0.15) is 20.8 Å². The number of hydrogen-bond acceptors (Lipinski definition) is 5. The minimum absolute atomic E-state index is 0.255. The fourth-order valence-corrected chi connectivity index (χ4v) is 3.91. The maximum Gasteiger partial charge on any atom is 0.320 e. The zero-order valence-corrected chi connectivity index (χ0v) is 12.9. The largest absolute Gasteiger partial charge is 0.465 e. The minimum atomic E-state index is -2.05. The van der Waals surface area contributed by atoms with Crippen molar-refractivity contribution in [2.45, 2.75) is 39.9 Å². The lowest BCUT2D eigenvalue weighted by Crippen LogP contribution is -2.39. The van der Waals surface area contributed by atoms with E-state index in [0.29, 0.717) is 12.7 Å². The number of carbonyl (C=O) groups excluding carboxylic acids is 2. The Kier molecular flexibility index (Phi) is 7.85. The fraction of sp³-hybridized carbons (Fsp3) is 0.833. The smallest absolute Gasteiger partial charge is 0.320 e. The van der Waals surface area contributed by atoms with E-state index in [1.165, 1.54) is 0 Å². The van der Waals surface area contributed by atoms with Gasteiger partial charge in [-0.05, 0) is 39.9 Å². The molecule has 0 amide bonds. The third kappa shape index (κ3) is 6.16. The van der Waals surface area contributed by atoms with Crippen LogP contribution in [0.5, 0.6) is 0 Å². The summed E-state index contributed by atoms with van der Waals surface area (Å²) in [5, 5.41) is 0. The summed E-state index contributed by atoms with van der Waals surface area (Å²) in [6, 6.07) is 0.387. The normalized spacial score (nSPS) is 11.4. The van der Waals surface area contributed by atoms with Gasteiger partial charge in [0.15, 0.2) is 14.2 Å². The molecular formula is C12H24O5Si. The molecule has 0 aromatic carbocycles. The first-order valence-corrected chi connectivity index (χ1v) is 9.46. The van der Waals surface area contributed by atoms with E-state index in [1.54, 1.807) is 13.8 Å². The van der Waals surface area contributed by atoms with Gasteiger partial charge in [-0.1, -0.05) is 0 Å². The van der Waals surface area contributed by atoms with Gasteiger partial charge in [0.1, 0.15) is 0 Å². The van der Waals surface area contributed by atoms with E-state index in [-0.39, 0.29) is 13.2 Å². The van der Waals surface area contributed by atoms with Crippen LogP contribution in [0.4, 0.5) is 0 Å². The van der Waals surface area contributed by atoms with Gasteiger partial charge in [-0.2, -0.15) is 0 Å². The van der Waals surface area contributed by atoms with Gasteiger partial charge < -0.3 is 13.9 Å². The van der Waals surface area contributed by atoms with Crippen LogP contribution in [0.15, 0.2) is 0 Å². The van der Waals surface area contributed by atoms with E-state index in [4.69, 9.17) is 13.9 Å². The summed E-state index contributed by atoms with van der Waals surface area (Å²) in [6.45, 7) is 10.4. The molecule has 0 saturated heterocycles. The van der Waals surface area contributed by atoms with E-state index in [9.17, 15) is 9.59 Å². The molecule has 6 heteroatoms. The van der Waals surface area contributed by atoms with Crippen LogP contribution in [0, 0.1) is 5.92 Å². The van der Waals surface area contributed by atoms with Crippen molar-refractivity contribution in [3.05, 3.63) is 0 Å². The van der Waals surface area contributed by atoms with E-state index in [1.807, 2.05) is 20.0 Å². The van der Waals surface area contributed by atoms with E-state index >= 15 is 0 Å². The van der Waals surface area contributed by atoms with E-state index in [2.05, 4.69) is 0 Å². The predicted octanol–water partition coefficient (Wildman–Crippen LogP) is 1.97. The van der Waals surface area contributed by atoms with Crippen molar-refractivity contribution in [3.63, 3.8) is 0 Å². The second-order valence-corrected chi connectivity index (χ2v) is 8.67. The molecule has 106 valence electrons. The lowest BCUT2D eigenvalue weighted by Gasteiger charge is -2.25. The number of hydrogen-bond donors (Lipinski definition) is 0. The van der Waals surface area contributed by atoms with Crippen LogP contribution in [0.2, 0.25) is 19.1 Å². The van der Waals surface area contributed by atoms with Gasteiger partial charge in [0.05, 0.1) is 13.2 Å². The number of carbonyl (C=O) groups is 2. The Morgan fingerprint density at radius 3 is 1.72 bits per heavy atom. The first-order chi connectivity index (χ1) is 8.37. The average molecular weight is 276 g/mol. The molecule has 0 bridgehead atoms. The topological polar surface area (TPSA) is 61.8 Å². The molecule has 0 N–H and O–H groups in total. The Balaban J connectivity index is 4.76. The Labute approximate surface area is 110 Å². The molecule has 0 saturated carbocycles. The fourth-order valence-electron chi connectivity index (χ4n) is 1.69. The highest BCUT2D eigenvalue weighted by Gasteiger charge is 2.37. The van der Waals surface area contributed by atoms with Crippen LogP contribution in [0.3, 0.4) is 0 Å². The monoisotopic (exact) mass is 276 g/mol. The molecule has 5 nitrogen and oxygen atoms in total. The van der Waals surface area contributed by atoms with Gasteiger partial charge in [-0.15, -0.1) is 0 Å². The highest BCUT2D eigenvalue weighted by atomic mass is 28.4. The second-order valence-electron chi connectivity index (χ2n) is 4.45. The molecule has 0 rings (SSSR count). The third-order valence-corrected chi connectivity index (χ3v) is 4.83. The highest BCUT2D eigenvalue weighted by molar-refractivity contribution is 6.71. The molecule has 0 aromatic heterocycles. The number of esters is 2. The summed E-state index contributed by atoms with van der Waals surface area (Å²) >= 11 is 0. The molecule has 0 aromatic rings. The Bertz CT molecular complexity index is 260. The summed E-state index contributed by atoms with van der Waals surface area (Å²) in [5.74, 6) is -1.90. The molecule has 18 heavy (non-hydrogen) atoms.